The average Bonchev–Trinajstić information content (AvgIpc) is 2.51. The predicted molar refractivity (Wildman–Crippen MR) is 54.2 cm³/mol. The molecule has 1 aliphatic heterocycles. The van der Waals surface area contributed by atoms with Crippen molar-refractivity contribution in [1.82, 2.24) is 5.01 Å². The van der Waals surface area contributed by atoms with Gasteiger partial charge in [0.05, 0.1) is 6.04 Å². The Morgan fingerprint density at radius 3 is 2.62 bits per heavy atom. The van der Waals surface area contributed by atoms with E-state index in [0.29, 0.717) is 11.1 Å². The highest BCUT2D eigenvalue weighted by Gasteiger charge is 2.32. The van der Waals surface area contributed by atoms with Crippen LogP contribution in [0.3, 0.4) is 0 Å². The van der Waals surface area contributed by atoms with E-state index in [9.17, 15) is 13.2 Å². The number of benzene rings is 1. The lowest BCUT2D eigenvalue weighted by atomic mass is 9.99. The second-order valence-corrected chi connectivity index (χ2v) is 4.15. The van der Waals surface area contributed by atoms with Crippen molar-refractivity contribution in [2.24, 2.45) is 5.84 Å². The van der Waals surface area contributed by atoms with Gasteiger partial charge in [0.2, 0.25) is 0 Å². The molecule has 0 bridgehead atoms. The third kappa shape index (κ3) is 1.92. The van der Waals surface area contributed by atoms with Gasteiger partial charge in [-0.05, 0) is 24.1 Å². The standard InChI is InChI=1S/C11H13F3N2/c1-6-9(2-7(12)3-10(6)14)11-4-8(13)5-16(11)15/h2-3,8,11H,4-5,15H2,1H3. The molecule has 1 aliphatic rings. The van der Waals surface area contributed by atoms with Crippen molar-refractivity contribution in [3.63, 3.8) is 0 Å². The van der Waals surface area contributed by atoms with Gasteiger partial charge in [0.1, 0.15) is 17.8 Å². The molecular weight excluding hydrogens is 217 g/mol. The van der Waals surface area contributed by atoms with Crippen LogP contribution in [0.2, 0.25) is 0 Å². The van der Waals surface area contributed by atoms with Crippen molar-refractivity contribution in [2.45, 2.75) is 25.6 Å². The van der Waals surface area contributed by atoms with Crippen LogP contribution in [0.1, 0.15) is 23.6 Å². The van der Waals surface area contributed by atoms with E-state index in [1.54, 1.807) is 6.92 Å². The fourth-order valence-corrected chi connectivity index (χ4v) is 2.13. The Kier molecular flexibility index (Phi) is 2.90. The van der Waals surface area contributed by atoms with Crippen molar-refractivity contribution in [2.75, 3.05) is 6.54 Å². The predicted octanol–water partition coefficient (Wildman–Crippen LogP) is 2.23. The summed E-state index contributed by atoms with van der Waals surface area (Å²) in [6.45, 7) is 1.64. The fourth-order valence-electron chi connectivity index (χ4n) is 2.13. The Morgan fingerprint density at radius 2 is 2.06 bits per heavy atom. The maximum Gasteiger partial charge on any atom is 0.129 e. The molecule has 1 aromatic carbocycles. The lowest BCUT2D eigenvalue weighted by Crippen LogP contribution is -2.31. The molecule has 5 heteroatoms. The number of halogens is 3. The molecule has 0 amide bonds. The quantitative estimate of drug-likeness (QED) is 0.749. The molecule has 1 saturated heterocycles. The molecule has 0 radical (unpaired) electrons. The van der Waals surface area contributed by atoms with E-state index < -0.39 is 23.8 Å². The second-order valence-electron chi connectivity index (χ2n) is 4.15. The van der Waals surface area contributed by atoms with Crippen LogP contribution in [-0.4, -0.2) is 17.7 Å². The Morgan fingerprint density at radius 1 is 1.38 bits per heavy atom. The smallest absolute Gasteiger partial charge is 0.129 e. The summed E-state index contributed by atoms with van der Waals surface area (Å²) in [5.41, 5.74) is 0.760. The third-order valence-electron chi connectivity index (χ3n) is 3.00. The SMILES string of the molecule is Cc1c(F)cc(F)cc1C1CC(F)CN1N. The number of hydrogen-bond acceptors (Lipinski definition) is 2. The normalized spacial score (nSPS) is 26.3. The summed E-state index contributed by atoms with van der Waals surface area (Å²) in [6.07, 6.45) is -0.860. The molecule has 0 saturated carbocycles. The zero-order valence-electron chi connectivity index (χ0n) is 8.88. The van der Waals surface area contributed by atoms with Gasteiger partial charge in [0.25, 0.3) is 0 Å². The van der Waals surface area contributed by atoms with Crippen molar-refractivity contribution in [3.8, 4) is 0 Å². The first-order chi connectivity index (χ1) is 7.49. The van der Waals surface area contributed by atoms with Gasteiger partial charge in [-0.1, -0.05) is 0 Å². The minimum absolute atomic E-state index is 0.0994. The molecular formula is C11H13F3N2. The largest absolute Gasteiger partial charge is 0.268 e. The molecule has 1 aromatic rings. The highest BCUT2D eigenvalue weighted by Crippen LogP contribution is 2.33. The van der Waals surface area contributed by atoms with E-state index in [1.807, 2.05) is 0 Å². The van der Waals surface area contributed by atoms with Gasteiger partial charge in [-0.15, -0.1) is 0 Å². The number of nitrogens with zero attached hydrogens (tertiary/aromatic N) is 1. The number of hydrogen-bond donors (Lipinski definition) is 1. The summed E-state index contributed by atoms with van der Waals surface area (Å²) in [6, 6.07) is 1.60. The second kappa shape index (κ2) is 4.07. The Hall–Kier alpha value is -1.07. The molecule has 0 spiro atoms. The fraction of sp³-hybridized carbons (Fsp3) is 0.455. The zero-order valence-corrected chi connectivity index (χ0v) is 8.88. The molecule has 0 aromatic heterocycles. The van der Waals surface area contributed by atoms with Crippen LogP contribution in [0.15, 0.2) is 12.1 Å². The van der Waals surface area contributed by atoms with Crippen molar-refractivity contribution < 1.29 is 13.2 Å². The highest BCUT2D eigenvalue weighted by molar-refractivity contribution is 5.31. The summed E-state index contributed by atoms with van der Waals surface area (Å²) in [5, 5.41) is 1.30. The molecule has 1 heterocycles. The molecule has 2 unspecified atom stereocenters. The third-order valence-corrected chi connectivity index (χ3v) is 3.00. The molecule has 0 aliphatic carbocycles. The topological polar surface area (TPSA) is 29.3 Å². The van der Waals surface area contributed by atoms with E-state index in [1.165, 1.54) is 11.1 Å². The number of hydrazine groups is 1. The monoisotopic (exact) mass is 230 g/mol. The molecule has 16 heavy (non-hydrogen) atoms. The summed E-state index contributed by atoms with van der Waals surface area (Å²) in [4.78, 5) is 0. The van der Waals surface area contributed by atoms with Gasteiger partial charge >= 0.3 is 0 Å². The summed E-state index contributed by atoms with van der Waals surface area (Å²) < 4.78 is 39.6. The van der Waals surface area contributed by atoms with Gasteiger partial charge in [-0.3, -0.25) is 5.84 Å². The Balaban J connectivity index is 2.40. The Bertz CT molecular complexity index is 408. The summed E-state index contributed by atoms with van der Waals surface area (Å²) in [5.74, 6) is 4.34. The lowest BCUT2D eigenvalue weighted by Gasteiger charge is -2.21. The average molecular weight is 230 g/mol. The maximum atomic E-state index is 13.3. The van der Waals surface area contributed by atoms with E-state index >= 15 is 0 Å². The van der Waals surface area contributed by atoms with Gasteiger partial charge in [0.15, 0.2) is 0 Å². The molecule has 2 N–H and O–H groups in total. The van der Waals surface area contributed by atoms with Crippen molar-refractivity contribution in [1.29, 1.82) is 0 Å². The van der Waals surface area contributed by atoms with Crippen LogP contribution in [-0.2, 0) is 0 Å². The minimum atomic E-state index is -1.04. The van der Waals surface area contributed by atoms with Crippen LogP contribution in [0.25, 0.3) is 0 Å². The van der Waals surface area contributed by atoms with Gasteiger partial charge in [-0.25, -0.2) is 18.2 Å². The van der Waals surface area contributed by atoms with Crippen molar-refractivity contribution >= 4 is 0 Å². The molecule has 2 rings (SSSR count). The van der Waals surface area contributed by atoms with Crippen LogP contribution in [0.5, 0.6) is 0 Å². The molecule has 2 nitrogen and oxygen atoms in total. The zero-order chi connectivity index (χ0) is 11.9. The van der Waals surface area contributed by atoms with E-state index in [-0.39, 0.29) is 13.0 Å². The van der Waals surface area contributed by atoms with Crippen molar-refractivity contribution in [3.05, 3.63) is 34.9 Å². The maximum absolute atomic E-state index is 13.3. The first kappa shape index (κ1) is 11.4. The van der Waals surface area contributed by atoms with Gasteiger partial charge in [0, 0.05) is 19.0 Å². The van der Waals surface area contributed by atoms with E-state index in [4.69, 9.17) is 5.84 Å². The first-order valence-corrected chi connectivity index (χ1v) is 5.10. The number of rotatable bonds is 1. The van der Waals surface area contributed by atoms with E-state index in [0.717, 1.165) is 6.07 Å². The van der Waals surface area contributed by atoms with Crippen LogP contribution < -0.4 is 5.84 Å². The van der Waals surface area contributed by atoms with Crippen LogP contribution in [0.4, 0.5) is 13.2 Å². The lowest BCUT2D eigenvalue weighted by molar-refractivity contribution is 0.251. The number of nitrogens with two attached hydrogens (primary N) is 1. The first-order valence-electron chi connectivity index (χ1n) is 5.10. The molecule has 2 atom stereocenters. The molecule has 88 valence electrons. The van der Waals surface area contributed by atoms with Crippen LogP contribution >= 0.6 is 0 Å². The number of alkyl halides is 1. The van der Waals surface area contributed by atoms with Gasteiger partial charge in [-0.2, -0.15) is 0 Å². The van der Waals surface area contributed by atoms with Gasteiger partial charge < -0.3 is 0 Å². The minimum Gasteiger partial charge on any atom is -0.268 e. The van der Waals surface area contributed by atoms with E-state index in [2.05, 4.69) is 0 Å². The van der Waals surface area contributed by atoms with Crippen LogP contribution in [0, 0.1) is 18.6 Å². The highest BCUT2D eigenvalue weighted by atomic mass is 19.1. The summed E-state index contributed by atoms with van der Waals surface area (Å²) in [7, 11) is 0. The summed E-state index contributed by atoms with van der Waals surface area (Å²) >= 11 is 0. The Labute approximate surface area is 91.8 Å². The molecule has 1 fully saturated rings.